The Labute approximate surface area is 127 Å². The smallest absolute Gasteiger partial charge is 0.0718 e. The Bertz CT molecular complexity index is 550. The minimum Gasteiger partial charge on any atom is -0.381 e. The van der Waals surface area contributed by atoms with Crippen LogP contribution in [0.1, 0.15) is 32.4 Å². The Morgan fingerprint density at radius 2 is 2.05 bits per heavy atom. The first-order valence-electron chi connectivity index (χ1n) is 7.98. The Morgan fingerprint density at radius 1 is 1.24 bits per heavy atom. The minimum atomic E-state index is 0.421. The summed E-state index contributed by atoms with van der Waals surface area (Å²) in [7, 11) is 2.01. The topological polar surface area (TPSA) is 39.1 Å². The maximum absolute atomic E-state index is 5.62. The van der Waals surface area contributed by atoms with Gasteiger partial charge in [-0.25, -0.2) is 0 Å². The van der Waals surface area contributed by atoms with Crippen molar-refractivity contribution in [2.24, 2.45) is 7.05 Å². The first kappa shape index (κ1) is 16.0. The molecule has 0 spiro atoms. The summed E-state index contributed by atoms with van der Waals surface area (Å²) < 4.78 is 7.60. The van der Waals surface area contributed by atoms with Gasteiger partial charge in [0.2, 0.25) is 0 Å². The van der Waals surface area contributed by atoms with E-state index in [-0.39, 0.29) is 0 Å². The van der Waals surface area contributed by atoms with Gasteiger partial charge in [0.15, 0.2) is 0 Å². The highest BCUT2D eigenvalue weighted by atomic mass is 16.5. The second-order valence-electron chi connectivity index (χ2n) is 5.45. The number of hydrogen-bond acceptors (Lipinski definition) is 3. The van der Waals surface area contributed by atoms with E-state index in [4.69, 9.17) is 9.84 Å². The number of para-hydroxylation sites is 1. The molecule has 0 aliphatic rings. The van der Waals surface area contributed by atoms with Crippen molar-refractivity contribution in [3.63, 3.8) is 0 Å². The molecule has 1 aromatic carbocycles. The van der Waals surface area contributed by atoms with Crippen LogP contribution >= 0.6 is 0 Å². The normalized spacial score (nSPS) is 12.9. The van der Waals surface area contributed by atoms with E-state index in [0.717, 1.165) is 39.0 Å². The van der Waals surface area contributed by atoms with Gasteiger partial charge in [-0.1, -0.05) is 32.0 Å². The van der Waals surface area contributed by atoms with Crippen LogP contribution in [0, 0.1) is 0 Å². The number of nitrogens with zero attached hydrogens (tertiary/aromatic N) is 2. The van der Waals surface area contributed by atoms with Crippen LogP contribution in [0.3, 0.4) is 0 Å². The quantitative estimate of drug-likeness (QED) is 0.721. The van der Waals surface area contributed by atoms with Crippen molar-refractivity contribution in [3.8, 4) is 0 Å². The van der Waals surface area contributed by atoms with Crippen LogP contribution in [0.4, 0.5) is 0 Å². The van der Waals surface area contributed by atoms with Gasteiger partial charge in [0.1, 0.15) is 0 Å². The molecular formula is C17H27N3O. The van der Waals surface area contributed by atoms with Gasteiger partial charge >= 0.3 is 0 Å². The van der Waals surface area contributed by atoms with Crippen LogP contribution < -0.4 is 5.32 Å². The van der Waals surface area contributed by atoms with Crippen LogP contribution in [-0.2, 0) is 18.2 Å². The lowest BCUT2D eigenvalue weighted by Crippen LogP contribution is -2.32. The number of ether oxygens (including phenoxy) is 1. The molecule has 21 heavy (non-hydrogen) atoms. The fourth-order valence-electron chi connectivity index (χ4n) is 2.71. The zero-order chi connectivity index (χ0) is 15.1. The highest BCUT2D eigenvalue weighted by molar-refractivity contribution is 5.81. The van der Waals surface area contributed by atoms with Gasteiger partial charge in [-0.05, 0) is 25.5 Å². The first-order chi connectivity index (χ1) is 10.3. The largest absolute Gasteiger partial charge is 0.381 e. The Kier molecular flexibility index (Phi) is 6.21. The monoisotopic (exact) mass is 289 g/mol. The van der Waals surface area contributed by atoms with E-state index in [0.29, 0.717) is 6.04 Å². The molecule has 4 heteroatoms. The molecule has 4 nitrogen and oxygen atoms in total. The van der Waals surface area contributed by atoms with Gasteiger partial charge in [-0.3, -0.25) is 4.68 Å². The van der Waals surface area contributed by atoms with Crippen molar-refractivity contribution in [2.75, 3.05) is 19.8 Å². The number of likely N-dealkylation sites (N-methyl/N-ethyl adjacent to an activating group) is 1. The summed E-state index contributed by atoms with van der Waals surface area (Å²) >= 11 is 0. The molecule has 0 amide bonds. The zero-order valence-corrected chi connectivity index (χ0v) is 13.4. The van der Waals surface area contributed by atoms with E-state index in [9.17, 15) is 0 Å². The van der Waals surface area contributed by atoms with Crippen molar-refractivity contribution < 1.29 is 4.74 Å². The third-order valence-electron chi connectivity index (χ3n) is 3.73. The second kappa shape index (κ2) is 8.15. The number of aromatic nitrogens is 2. The lowest BCUT2D eigenvalue weighted by atomic mass is 10.1. The third-order valence-corrected chi connectivity index (χ3v) is 3.73. The molecule has 1 heterocycles. The van der Waals surface area contributed by atoms with Crippen molar-refractivity contribution in [1.29, 1.82) is 0 Å². The molecule has 0 fully saturated rings. The molecule has 2 rings (SSSR count). The molecule has 1 N–H and O–H groups in total. The summed E-state index contributed by atoms with van der Waals surface area (Å²) in [6.45, 7) is 6.93. The van der Waals surface area contributed by atoms with Crippen LogP contribution in [0.2, 0.25) is 0 Å². The Balaban J connectivity index is 2.04. The highest BCUT2D eigenvalue weighted by Gasteiger charge is 2.14. The summed E-state index contributed by atoms with van der Waals surface area (Å²) in [6.07, 6.45) is 3.06. The van der Waals surface area contributed by atoms with Gasteiger partial charge in [-0.2, -0.15) is 5.10 Å². The number of rotatable bonds is 9. The van der Waals surface area contributed by atoms with Crippen molar-refractivity contribution in [1.82, 2.24) is 15.1 Å². The summed E-state index contributed by atoms with van der Waals surface area (Å²) in [5.74, 6) is 0. The number of nitrogens with one attached hydrogen (secondary N) is 1. The second-order valence-corrected chi connectivity index (χ2v) is 5.45. The van der Waals surface area contributed by atoms with Crippen LogP contribution in [0.25, 0.3) is 10.9 Å². The van der Waals surface area contributed by atoms with Gasteiger partial charge in [0, 0.05) is 38.1 Å². The van der Waals surface area contributed by atoms with Gasteiger partial charge < -0.3 is 10.1 Å². The van der Waals surface area contributed by atoms with Crippen LogP contribution in [-0.4, -0.2) is 35.6 Å². The highest BCUT2D eigenvalue weighted by Crippen LogP contribution is 2.19. The molecule has 2 aromatic rings. The minimum absolute atomic E-state index is 0.421. The lowest BCUT2D eigenvalue weighted by Gasteiger charge is -2.17. The average molecular weight is 289 g/mol. The molecule has 0 bridgehead atoms. The van der Waals surface area contributed by atoms with Crippen molar-refractivity contribution >= 4 is 10.9 Å². The predicted molar refractivity (Wildman–Crippen MR) is 87.6 cm³/mol. The summed E-state index contributed by atoms with van der Waals surface area (Å²) in [5, 5.41) is 9.51. The molecule has 0 radical (unpaired) electrons. The maximum Gasteiger partial charge on any atom is 0.0718 e. The number of benzene rings is 1. The lowest BCUT2D eigenvalue weighted by molar-refractivity contribution is 0.124. The number of hydrogen-bond donors (Lipinski definition) is 1. The molecule has 0 saturated carbocycles. The van der Waals surface area contributed by atoms with Crippen molar-refractivity contribution in [2.45, 2.75) is 39.2 Å². The third kappa shape index (κ3) is 4.29. The van der Waals surface area contributed by atoms with E-state index in [1.807, 2.05) is 11.7 Å². The van der Waals surface area contributed by atoms with E-state index < -0.39 is 0 Å². The molecule has 116 valence electrons. The average Bonchev–Trinajstić information content (AvgIpc) is 2.81. The zero-order valence-electron chi connectivity index (χ0n) is 13.4. The fourth-order valence-corrected chi connectivity index (χ4v) is 2.71. The Morgan fingerprint density at radius 3 is 2.81 bits per heavy atom. The number of fused-ring (bicyclic) bond motifs is 1. The van der Waals surface area contributed by atoms with E-state index in [1.54, 1.807) is 0 Å². The van der Waals surface area contributed by atoms with Crippen LogP contribution in [0.5, 0.6) is 0 Å². The Hall–Kier alpha value is -1.39. The predicted octanol–water partition coefficient (Wildman–Crippen LogP) is 2.91. The molecule has 1 atom stereocenters. The maximum atomic E-state index is 5.62. The molecule has 1 unspecified atom stereocenters. The van der Waals surface area contributed by atoms with Crippen molar-refractivity contribution in [3.05, 3.63) is 30.0 Å². The molecular weight excluding hydrogens is 262 g/mol. The summed E-state index contributed by atoms with van der Waals surface area (Å²) in [4.78, 5) is 0. The number of aryl methyl sites for hydroxylation is 1. The van der Waals surface area contributed by atoms with Crippen LogP contribution in [0.15, 0.2) is 24.3 Å². The van der Waals surface area contributed by atoms with Gasteiger partial charge in [0.05, 0.1) is 11.2 Å². The fraction of sp³-hybridized carbons (Fsp3) is 0.588. The van der Waals surface area contributed by atoms with Gasteiger partial charge in [-0.15, -0.1) is 0 Å². The van der Waals surface area contributed by atoms with Gasteiger partial charge in [0.25, 0.3) is 0 Å². The molecule has 0 aliphatic carbocycles. The summed E-state index contributed by atoms with van der Waals surface area (Å²) in [5.41, 5.74) is 2.37. The summed E-state index contributed by atoms with van der Waals surface area (Å²) in [6, 6.07) is 8.85. The standard InChI is InChI=1S/C17H27N3O/c1-4-11-21-12-10-14(18-5-2)13-16-15-8-6-7-9-17(15)20(3)19-16/h6-9,14,18H,4-5,10-13H2,1-3H3. The van der Waals surface area contributed by atoms with E-state index in [1.165, 1.54) is 16.6 Å². The SMILES string of the molecule is CCCOCCC(Cc1nn(C)c2ccccc12)NCC. The molecule has 1 aromatic heterocycles. The van der Waals surface area contributed by atoms with E-state index in [2.05, 4.69) is 43.4 Å². The molecule has 0 saturated heterocycles. The first-order valence-corrected chi connectivity index (χ1v) is 7.98. The van der Waals surface area contributed by atoms with E-state index >= 15 is 0 Å². The molecule has 0 aliphatic heterocycles.